The van der Waals surface area contributed by atoms with Crippen molar-refractivity contribution in [2.24, 2.45) is 0 Å². The molecule has 0 bridgehead atoms. The number of para-hydroxylation sites is 2. The highest BCUT2D eigenvalue weighted by molar-refractivity contribution is 5.79. The first-order chi connectivity index (χ1) is 15.3. The van der Waals surface area contributed by atoms with E-state index in [1.807, 2.05) is 42.8 Å². The molecule has 4 aromatic rings. The lowest BCUT2D eigenvalue weighted by molar-refractivity contribution is -0.131. The molecule has 0 aliphatic heterocycles. The number of carbonyl (C=O) groups excluding carboxylic acids is 1. The number of aromatic nitrogens is 4. The van der Waals surface area contributed by atoms with Crippen LogP contribution in [0, 0.1) is 27.7 Å². The number of nitrogens with zero attached hydrogens (tertiary/aromatic N) is 5. The van der Waals surface area contributed by atoms with E-state index in [2.05, 4.69) is 18.0 Å². The normalized spacial score (nSPS) is 11.2. The summed E-state index contributed by atoms with van der Waals surface area (Å²) in [6.07, 6.45) is 0. The van der Waals surface area contributed by atoms with Gasteiger partial charge in [0, 0.05) is 24.8 Å². The van der Waals surface area contributed by atoms with Crippen LogP contribution in [-0.4, -0.2) is 37.2 Å². The molecule has 1 amide bonds. The van der Waals surface area contributed by atoms with Crippen LogP contribution in [0.1, 0.15) is 28.3 Å². The van der Waals surface area contributed by atoms with Crippen molar-refractivity contribution >= 4 is 16.8 Å². The molecule has 0 aliphatic carbocycles. The number of amides is 1. The number of carbonyl (C=O) groups is 1. The maximum absolute atomic E-state index is 13.0. The number of hydrogen-bond acceptors (Lipinski definition) is 4. The lowest BCUT2D eigenvalue weighted by atomic mass is 10.1. The van der Waals surface area contributed by atoms with Crippen molar-refractivity contribution in [2.75, 3.05) is 7.05 Å². The lowest BCUT2D eigenvalue weighted by Gasteiger charge is -2.19. The highest BCUT2D eigenvalue weighted by Crippen LogP contribution is 2.21. The summed E-state index contributed by atoms with van der Waals surface area (Å²) >= 11 is 0. The minimum Gasteiger partial charge on any atom is -0.340 e. The summed E-state index contributed by atoms with van der Waals surface area (Å²) in [5, 5.41) is 5.23. The molecule has 0 atom stereocenters. The van der Waals surface area contributed by atoms with Crippen LogP contribution < -0.4 is 5.56 Å². The van der Waals surface area contributed by atoms with Gasteiger partial charge in [0.15, 0.2) is 0 Å². The van der Waals surface area contributed by atoms with Gasteiger partial charge < -0.3 is 4.90 Å². The Morgan fingerprint density at radius 1 is 1.00 bits per heavy atom. The summed E-state index contributed by atoms with van der Waals surface area (Å²) in [7, 11) is 1.75. The summed E-state index contributed by atoms with van der Waals surface area (Å²) < 4.78 is 3.37. The van der Waals surface area contributed by atoms with Gasteiger partial charge in [-0.3, -0.25) is 14.2 Å². The minimum atomic E-state index is -0.199. The lowest BCUT2D eigenvalue weighted by Crippen LogP contribution is -2.35. The molecule has 32 heavy (non-hydrogen) atoms. The average molecular weight is 430 g/mol. The van der Waals surface area contributed by atoms with Gasteiger partial charge in [-0.05, 0) is 51.5 Å². The quantitative estimate of drug-likeness (QED) is 0.487. The average Bonchev–Trinajstić information content (AvgIpc) is 3.05. The number of benzene rings is 2. The topological polar surface area (TPSA) is 73.0 Å². The molecule has 2 aromatic heterocycles. The Hall–Kier alpha value is -3.74. The Morgan fingerprint density at radius 2 is 1.69 bits per heavy atom. The van der Waals surface area contributed by atoms with E-state index in [9.17, 15) is 9.59 Å². The fourth-order valence-corrected chi connectivity index (χ4v) is 3.99. The molecule has 0 saturated carbocycles. The van der Waals surface area contributed by atoms with Crippen LogP contribution in [0.2, 0.25) is 0 Å². The van der Waals surface area contributed by atoms with Gasteiger partial charge in [-0.1, -0.05) is 30.3 Å². The molecule has 164 valence electrons. The Kier molecular flexibility index (Phi) is 5.65. The largest absolute Gasteiger partial charge is 0.340 e. The number of rotatable bonds is 5. The molecule has 2 aromatic carbocycles. The first-order valence-corrected chi connectivity index (χ1v) is 10.6. The van der Waals surface area contributed by atoms with E-state index < -0.39 is 0 Å². The van der Waals surface area contributed by atoms with Crippen molar-refractivity contribution in [3.8, 4) is 5.69 Å². The third-order valence-electron chi connectivity index (χ3n) is 5.95. The molecule has 0 unspecified atom stereocenters. The molecule has 7 heteroatoms. The highest BCUT2D eigenvalue weighted by atomic mass is 16.2. The molecule has 0 N–H and O–H groups in total. The van der Waals surface area contributed by atoms with E-state index in [4.69, 9.17) is 5.10 Å². The Balaban J connectivity index is 1.59. The zero-order chi connectivity index (χ0) is 23.0. The van der Waals surface area contributed by atoms with Crippen molar-refractivity contribution in [3.05, 3.63) is 87.2 Å². The van der Waals surface area contributed by atoms with E-state index in [0.717, 1.165) is 28.2 Å². The zero-order valence-corrected chi connectivity index (χ0v) is 19.1. The summed E-state index contributed by atoms with van der Waals surface area (Å²) in [6.45, 7) is 8.14. The van der Waals surface area contributed by atoms with Gasteiger partial charge in [0.25, 0.3) is 5.56 Å². The number of aryl methyl sites for hydroxylation is 3. The van der Waals surface area contributed by atoms with E-state index in [0.29, 0.717) is 23.3 Å². The molecular weight excluding hydrogens is 402 g/mol. The number of fused-ring (bicyclic) bond motifs is 1. The van der Waals surface area contributed by atoms with Crippen molar-refractivity contribution in [3.63, 3.8) is 0 Å². The monoisotopic (exact) mass is 429 g/mol. The van der Waals surface area contributed by atoms with Gasteiger partial charge >= 0.3 is 0 Å². The predicted molar refractivity (Wildman–Crippen MR) is 125 cm³/mol. The Labute approximate surface area is 186 Å². The SMILES string of the molecule is Cc1ccccc1-n1nc(C)c(CN(C)C(=O)Cn2c(C)nc3ccccc3c2=O)c1C. The van der Waals surface area contributed by atoms with Gasteiger partial charge in [-0.15, -0.1) is 0 Å². The van der Waals surface area contributed by atoms with E-state index in [1.165, 1.54) is 4.57 Å². The molecule has 4 rings (SSSR count). The molecule has 0 fully saturated rings. The molecule has 2 heterocycles. The maximum atomic E-state index is 13.0. The summed E-state index contributed by atoms with van der Waals surface area (Å²) in [4.78, 5) is 32.1. The first-order valence-electron chi connectivity index (χ1n) is 10.6. The second-order valence-electron chi connectivity index (χ2n) is 8.16. The Bertz CT molecular complexity index is 1380. The molecule has 0 aliphatic rings. The van der Waals surface area contributed by atoms with Crippen molar-refractivity contribution < 1.29 is 4.79 Å². The molecule has 0 radical (unpaired) electrons. The summed E-state index contributed by atoms with van der Waals surface area (Å²) in [6, 6.07) is 15.3. The molecule has 0 spiro atoms. The van der Waals surface area contributed by atoms with Crippen LogP contribution in [0.3, 0.4) is 0 Å². The van der Waals surface area contributed by atoms with Crippen LogP contribution in [0.25, 0.3) is 16.6 Å². The van der Waals surface area contributed by atoms with E-state index in [1.54, 1.807) is 37.1 Å². The highest BCUT2D eigenvalue weighted by Gasteiger charge is 2.19. The fraction of sp³-hybridized carbons (Fsp3) is 0.280. The number of likely N-dealkylation sites (N-methyl/N-ethyl adjacent to an activating group) is 1. The van der Waals surface area contributed by atoms with Crippen molar-refractivity contribution in [1.82, 2.24) is 24.2 Å². The van der Waals surface area contributed by atoms with Gasteiger partial charge in [-0.2, -0.15) is 5.10 Å². The number of hydrogen-bond donors (Lipinski definition) is 0. The third kappa shape index (κ3) is 3.82. The van der Waals surface area contributed by atoms with Gasteiger partial charge in [0.2, 0.25) is 5.91 Å². The summed E-state index contributed by atoms with van der Waals surface area (Å²) in [5.74, 6) is 0.366. The molecular formula is C25H27N5O2. The van der Waals surface area contributed by atoms with Gasteiger partial charge in [0.1, 0.15) is 12.4 Å². The van der Waals surface area contributed by atoms with Crippen LogP contribution in [0.5, 0.6) is 0 Å². The van der Waals surface area contributed by atoms with E-state index in [-0.39, 0.29) is 18.0 Å². The fourth-order valence-electron chi connectivity index (χ4n) is 3.99. The van der Waals surface area contributed by atoms with Gasteiger partial charge in [0.05, 0.1) is 22.3 Å². The second-order valence-corrected chi connectivity index (χ2v) is 8.16. The van der Waals surface area contributed by atoms with Crippen LogP contribution >= 0.6 is 0 Å². The predicted octanol–water partition coefficient (Wildman–Crippen LogP) is 3.47. The third-order valence-corrected chi connectivity index (χ3v) is 5.95. The zero-order valence-electron chi connectivity index (χ0n) is 19.1. The van der Waals surface area contributed by atoms with Crippen molar-refractivity contribution in [2.45, 2.75) is 40.8 Å². The standard InChI is InChI=1S/C25H27N5O2/c1-16-10-6-9-13-23(16)30-18(3)21(17(2)27-30)14-28(5)24(31)15-29-19(4)26-22-12-8-7-11-20(22)25(29)32/h6-13H,14-15H2,1-5H3. The Morgan fingerprint density at radius 3 is 2.44 bits per heavy atom. The first kappa shape index (κ1) is 21.5. The second kappa shape index (κ2) is 8.42. The molecule has 0 saturated heterocycles. The van der Waals surface area contributed by atoms with Crippen LogP contribution in [0.4, 0.5) is 0 Å². The van der Waals surface area contributed by atoms with Crippen molar-refractivity contribution in [1.29, 1.82) is 0 Å². The van der Waals surface area contributed by atoms with Crippen LogP contribution in [-0.2, 0) is 17.9 Å². The molecule has 7 nitrogen and oxygen atoms in total. The minimum absolute atomic E-state index is 0.0526. The summed E-state index contributed by atoms with van der Waals surface area (Å²) in [5.41, 5.74) is 5.48. The smallest absolute Gasteiger partial charge is 0.261 e. The maximum Gasteiger partial charge on any atom is 0.261 e. The van der Waals surface area contributed by atoms with Gasteiger partial charge in [-0.25, -0.2) is 9.67 Å². The van der Waals surface area contributed by atoms with Crippen LogP contribution in [0.15, 0.2) is 53.3 Å². The van der Waals surface area contributed by atoms with E-state index >= 15 is 0 Å².